The number of nitrogens with zero attached hydrogens (tertiary/aromatic N) is 1. The van der Waals surface area contributed by atoms with Crippen molar-refractivity contribution in [2.45, 2.75) is 0 Å². The summed E-state index contributed by atoms with van der Waals surface area (Å²) in [5.41, 5.74) is 1.69. The molecule has 22 heavy (non-hydrogen) atoms. The molecular weight excluding hydrogens is 302 g/mol. The van der Waals surface area contributed by atoms with Gasteiger partial charge in [-0.2, -0.15) is 0 Å². The van der Waals surface area contributed by atoms with Gasteiger partial charge < -0.3 is 15.2 Å². The molecule has 3 aromatic rings. The zero-order valence-electron chi connectivity index (χ0n) is 11.6. The second kappa shape index (κ2) is 7.39. The maximum absolute atomic E-state index is 10.9. The molecule has 0 aliphatic carbocycles. The van der Waals surface area contributed by atoms with Gasteiger partial charge in [-0.15, -0.1) is 0 Å². The first-order valence-electron chi connectivity index (χ1n) is 6.38. The van der Waals surface area contributed by atoms with Gasteiger partial charge in [0.1, 0.15) is 12.4 Å². The van der Waals surface area contributed by atoms with Crippen LogP contribution in [0.3, 0.4) is 0 Å². The molecule has 118 valence electrons. The summed E-state index contributed by atoms with van der Waals surface area (Å²) in [5.74, 6) is -0.369. The molecule has 0 fully saturated rings. The number of nitrogens with one attached hydrogen (secondary N) is 2. The van der Waals surface area contributed by atoms with Gasteiger partial charge in [-0.25, -0.2) is 4.98 Å². The van der Waals surface area contributed by atoms with Gasteiger partial charge in [-0.3, -0.25) is 10.1 Å². The number of aliphatic hydroxyl groups excluding tert-OH is 1. The minimum Gasteiger partial charge on any atom is -0.508 e. The number of aromatic hydroxyl groups is 1. The molecule has 7 heteroatoms. The lowest BCUT2D eigenvalue weighted by molar-refractivity contribution is -0.118. The van der Waals surface area contributed by atoms with Crippen LogP contribution in [-0.4, -0.2) is 32.7 Å². The zero-order valence-corrected chi connectivity index (χ0v) is 12.4. The Hall–Kier alpha value is -2.64. The summed E-state index contributed by atoms with van der Waals surface area (Å²) in [4.78, 5) is 17.9. The van der Waals surface area contributed by atoms with Gasteiger partial charge >= 0.3 is 0 Å². The maximum Gasteiger partial charge on any atom is 0.251 e. The van der Waals surface area contributed by atoms with Crippen LogP contribution in [0.1, 0.15) is 8.55 Å². The van der Waals surface area contributed by atoms with E-state index in [2.05, 4.69) is 21.9 Å². The van der Waals surface area contributed by atoms with Gasteiger partial charge in [-0.1, -0.05) is 17.9 Å². The van der Waals surface area contributed by atoms with E-state index in [1.54, 1.807) is 18.2 Å². The fourth-order valence-corrected chi connectivity index (χ4v) is 2.46. The molecule has 1 amide bonds. The summed E-state index contributed by atoms with van der Waals surface area (Å²) in [6, 6.07) is 8.69. The second-order valence-corrected chi connectivity index (χ2v) is 5.24. The topological polar surface area (TPSA) is 98.2 Å². The highest BCUT2D eigenvalue weighted by Crippen LogP contribution is 2.28. The Bertz CT molecular complexity index is 775. The molecular formula is C15H19N3O3S. The molecule has 0 atom stereocenters. The number of aromatic nitrogens is 2. The minimum atomic E-state index is -0.568. The van der Waals surface area contributed by atoms with E-state index in [0.717, 1.165) is 10.4 Å². The number of carbonyl (C=O) groups excluding carboxylic acids is 1. The molecule has 0 aliphatic heterocycles. The van der Waals surface area contributed by atoms with Gasteiger partial charge in [0.2, 0.25) is 0 Å². The predicted molar refractivity (Wildman–Crippen MR) is 92.1 cm³/mol. The van der Waals surface area contributed by atoms with Crippen molar-refractivity contribution in [2.75, 3.05) is 11.9 Å². The van der Waals surface area contributed by atoms with Crippen LogP contribution in [0.5, 0.6) is 5.75 Å². The third-order valence-corrected chi connectivity index (χ3v) is 3.55. The van der Waals surface area contributed by atoms with Gasteiger partial charge in [0.25, 0.3) is 5.91 Å². The Kier molecular flexibility index (Phi) is 5.29. The highest BCUT2D eigenvalue weighted by molar-refractivity contribution is 7.22. The monoisotopic (exact) mass is 321 g/mol. The Morgan fingerprint density at radius 1 is 1.50 bits per heavy atom. The van der Waals surface area contributed by atoms with Crippen LogP contribution in [-0.2, 0) is 4.79 Å². The summed E-state index contributed by atoms with van der Waals surface area (Å²) in [6.07, 6.45) is 3.65. The second-order valence-electron chi connectivity index (χ2n) is 4.21. The van der Waals surface area contributed by atoms with Crippen LogP contribution < -0.4 is 5.32 Å². The lowest BCUT2D eigenvalue weighted by Gasteiger charge is -1.94. The molecule has 0 aliphatic rings. The van der Waals surface area contributed by atoms with E-state index < -0.39 is 12.5 Å². The van der Waals surface area contributed by atoms with E-state index in [1.165, 1.54) is 17.4 Å². The SMILES string of the molecule is C=Cc1ccc[nH]1.O=C(CO)Nc1nc2cc(O)ccc2s1.[HH].[HH]. The Labute approximate surface area is 133 Å². The molecule has 0 unspecified atom stereocenters. The molecule has 0 bridgehead atoms. The van der Waals surface area contributed by atoms with Crippen molar-refractivity contribution in [2.24, 2.45) is 0 Å². The van der Waals surface area contributed by atoms with Crippen LogP contribution in [0.2, 0.25) is 0 Å². The molecule has 0 saturated carbocycles. The number of thiazole rings is 1. The molecule has 4 N–H and O–H groups in total. The number of rotatable bonds is 3. The number of hydrogen-bond acceptors (Lipinski definition) is 5. The van der Waals surface area contributed by atoms with E-state index in [0.29, 0.717) is 10.6 Å². The molecule has 3 rings (SSSR count). The van der Waals surface area contributed by atoms with Gasteiger partial charge in [0.15, 0.2) is 5.13 Å². The van der Waals surface area contributed by atoms with Gasteiger partial charge in [0.05, 0.1) is 10.2 Å². The molecule has 0 spiro atoms. The van der Waals surface area contributed by atoms with Crippen molar-refractivity contribution < 1.29 is 17.9 Å². The third-order valence-electron chi connectivity index (χ3n) is 2.60. The number of H-pyrrole nitrogens is 1. The molecule has 6 nitrogen and oxygen atoms in total. The van der Waals surface area contributed by atoms with E-state index in [4.69, 9.17) is 5.11 Å². The number of aliphatic hydroxyl groups is 1. The number of aromatic amines is 1. The average Bonchev–Trinajstić information content (AvgIpc) is 3.15. The van der Waals surface area contributed by atoms with Crippen molar-refractivity contribution in [3.63, 3.8) is 0 Å². The summed E-state index contributed by atoms with van der Waals surface area (Å²) >= 11 is 1.28. The average molecular weight is 321 g/mol. The molecule has 2 heterocycles. The number of fused-ring (bicyclic) bond motifs is 1. The summed E-state index contributed by atoms with van der Waals surface area (Å²) in [7, 11) is 0. The fraction of sp³-hybridized carbons (Fsp3) is 0.0667. The van der Waals surface area contributed by atoms with Crippen molar-refractivity contribution in [1.82, 2.24) is 9.97 Å². The number of anilines is 1. The fourth-order valence-electron chi connectivity index (χ4n) is 1.60. The highest BCUT2D eigenvalue weighted by atomic mass is 32.1. The van der Waals surface area contributed by atoms with Crippen molar-refractivity contribution in [3.8, 4) is 5.75 Å². The number of benzene rings is 1. The first kappa shape index (κ1) is 15.7. The number of amides is 1. The standard InChI is InChI=1S/C9H8N2O3S.C6H7N.2H2/c12-4-8(14)11-9-10-6-3-5(13)1-2-7(6)15-9;1-2-6-4-3-5-7-6;;/h1-3,12-13H,4H2,(H,10,11,14);2-5,7H,1H2;2*1H. The number of phenolic OH excluding ortho intramolecular Hbond substituents is 1. The number of carbonyl (C=O) groups is 1. The maximum atomic E-state index is 10.9. The normalized spacial score (nSPS) is 9.86. The van der Waals surface area contributed by atoms with Crippen LogP contribution in [0.4, 0.5) is 5.13 Å². The minimum absolute atomic E-state index is 0. The van der Waals surface area contributed by atoms with Crippen LogP contribution in [0.25, 0.3) is 16.3 Å². The Balaban J connectivity index is 0.000000504. The molecule has 0 saturated heterocycles. The number of hydrogen-bond donors (Lipinski definition) is 4. The first-order valence-corrected chi connectivity index (χ1v) is 7.20. The largest absolute Gasteiger partial charge is 0.508 e. The third kappa shape index (κ3) is 4.18. The van der Waals surface area contributed by atoms with Crippen molar-refractivity contribution >= 4 is 38.7 Å². The van der Waals surface area contributed by atoms with E-state index >= 15 is 0 Å². The smallest absolute Gasteiger partial charge is 0.251 e. The molecule has 2 aromatic heterocycles. The van der Waals surface area contributed by atoms with Gasteiger partial charge in [-0.05, 0) is 30.3 Å². The Morgan fingerprint density at radius 2 is 2.32 bits per heavy atom. The lowest BCUT2D eigenvalue weighted by atomic mass is 10.3. The summed E-state index contributed by atoms with van der Waals surface area (Å²) in [5, 5.41) is 20.6. The number of phenols is 1. The van der Waals surface area contributed by atoms with E-state index in [1.807, 2.05) is 18.3 Å². The summed E-state index contributed by atoms with van der Waals surface area (Å²) in [6.45, 7) is 3.00. The van der Waals surface area contributed by atoms with Crippen LogP contribution in [0, 0.1) is 0 Å². The molecule has 1 aromatic carbocycles. The quantitative estimate of drug-likeness (QED) is 0.596. The van der Waals surface area contributed by atoms with Crippen LogP contribution in [0.15, 0.2) is 43.1 Å². The van der Waals surface area contributed by atoms with E-state index in [-0.39, 0.29) is 8.60 Å². The van der Waals surface area contributed by atoms with Crippen LogP contribution >= 0.6 is 11.3 Å². The van der Waals surface area contributed by atoms with E-state index in [9.17, 15) is 9.90 Å². The van der Waals surface area contributed by atoms with Gasteiger partial charge in [0, 0.05) is 20.8 Å². The van der Waals surface area contributed by atoms with Crippen molar-refractivity contribution in [3.05, 3.63) is 48.8 Å². The highest BCUT2D eigenvalue weighted by Gasteiger charge is 2.06. The lowest BCUT2D eigenvalue weighted by Crippen LogP contribution is -2.14. The Morgan fingerprint density at radius 3 is 2.91 bits per heavy atom. The summed E-state index contributed by atoms with van der Waals surface area (Å²) < 4.78 is 0.862. The zero-order chi connectivity index (χ0) is 15.9. The first-order chi connectivity index (χ1) is 10.6. The van der Waals surface area contributed by atoms with Crippen molar-refractivity contribution in [1.29, 1.82) is 0 Å². The predicted octanol–water partition coefficient (Wildman–Crippen LogP) is 3.08. The molecule has 0 radical (unpaired) electrons.